The molecule has 0 bridgehead atoms. The molecule has 0 aromatic heterocycles. The van der Waals surface area contributed by atoms with E-state index in [0.29, 0.717) is 0 Å². The Labute approximate surface area is 127 Å². The zero-order valence-corrected chi connectivity index (χ0v) is 14.2. The summed E-state index contributed by atoms with van der Waals surface area (Å²) in [6.45, 7) is 7.39. The second kappa shape index (κ2) is 14.9. The fraction of sp³-hybridized carbons (Fsp3) is 0.944. The minimum atomic E-state index is 0.235. The fourth-order valence-corrected chi connectivity index (χ4v) is 2.66. The summed E-state index contributed by atoms with van der Waals surface area (Å²) in [7, 11) is 0. The number of rotatable bonds is 14. The van der Waals surface area contributed by atoms with Crippen molar-refractivity contribution >= 4 is 5.91 Å². The molecule has 0 rings (SSSR count). The highest BCUT2D eigenvalue weighted by Crippen LogP contribution is 2.11. The molecule has 2 heteroatoms. The summed E-state index contributed by atoms with van der Waals surface area (Å²) in [4.78, 5) is 11.9. The lowest BCUT2D eigenvalue weighted by Crippen LogP contribution is -2.31. The van der Waals surface area contributed by atoms with Crippen molar-refractivity contribution in [3.63, 3.8) is 0 Å². The number of amides is 1. The van der Waals surface area contributed by atoms with E-state index in [1.54, 1.807) is 0 Å². The van der Waals surface area contributed by atoms with E-state index in [1.165, 1.54) is 51.4 Å². The van der Waals surface area contributed by atoms with Crippen LogP contribution in [0.25, 0.3) is 0 Å². The average molecular weight is 284 g/mol. The number of hydrogen-bond donors (Lipinski definition) is 1. The summed E-state index contributed by atoms with van der Waals surface area (Å²) in [5, 5.41) is 3.10. The van der Waals surface area contributed by atoms with E-state index in [9.17, 15) is 4.79 Å². The van der Waals surface area contributed by atoms with Gasteiger partial charge in [-0.05, 0) is 19.3 Å². The fourth-order valence-electron chi connectivity index (χ4n) is 2.66. The second-order valence-corrected chi connectivity index (χ2v) is 6.01. The van der Waals surface area contributed by atoms with E-state index in [1.807, 2.05) is 0 Å². The van der Waals surface area contributed by atoms with E-state index < -0.39 is 0 Å². The van der Waals surface area contributed by atoms with Gasteiger partial charge in [0.2, 0.25) is 5.91 Å². The first kappa shape index (κ1) is 19.5. The van der Waals surface area contributed by atoms with Gasteiger partial charge < -0.3 is 5.32 Å². The zero-order valence-electron chi connectivity index (χ0n) is 14.2. The van der Waals surface area contributed by atoms with Crippen LogP contribution >= 0.6 is 0 Å². The van der Waals surface area contributed by atoms with Gasteiger partial charge >= 0.3 is 0 Å². The van der Waals surface area contributed by atoms with Crippen molar-refractivity contribution in [2.75, 3.05) is 6.54 Å². The maximum Gasteiger partial charge on any atom is 0.223 e. The summed E-state index contributed by atoms with van der Waals surface area (Å²) < 4.78 is 0. The molecule has 1 amide bonds. The van der Waals surface area contributed by atoms with Crippen molar-refractivity contribution in [3.05, 3.63) is 0 Å². The summed E-state index contributed by atoms with van der Waals surface area (Å²) in [5.74, 6) is 0.507. The van der Waals surface area contributed by atoms with Crippen LogP contribution in [0.5, 0.6) is 0 Å². The van der Waals surface area contributed by atoms with Crippen LogP contribution in [0.3, 0.4) is 0 Å². The topological polar surface area (TPSA) is 29.1 Å². The van der Waals surface area contributed by atoms with Gasteiger partial charge in [0.1, 0.15) is 0 Å². The third-order valence-corrected chi connectivity index (χ3v) is 4.08. The predicted molar refractivity (Wildman–Crippen MR) is 88.9 cm³/mol. The largest absolute Gasteiger partial charge is 0.356 e. The molecule has 0 aliphatic carbocycles. The lowest BCUT2D eigenvalue weighted by atomic mass is 10.00. The molecule has 120 valence electrons. The molecule has 0 heterocycles. The van der Waals surface area contributed by atoms with Crippen molar-refractivity contribution in [1.29, 1.82) is 0 Å². The average Bonchev–Trinajstić information content (AvgIpc) is 2.46. The van der Waals surface area contributed by atoms with Crippen molar-refractivity contribution in [2.24, 2.45) is 5.92 Å². The number of carbonyl (C=O) groups excluding carboxylic acids is 1. The Kier molecular flexibility index (Phi) is 14.5. The number of nitrogens with one attached hydrogen (secondary N) is 1. The number of unbranched alkanes of at least 4 members (excludes halogenated alkanes) is 8. The third kappa shape index (κ3) is 11.3. The van der Waals surface area contributed by atoms with Crippen LogP contribution in [-0.2, 0) is 4.79 Å². The lowest BCUT2D eigenvalue weighted by Gasteiger charge is -2.13. The van der Waals surface area contributed by atoms with Gasteiger partial charge in [0.05, 0.1) is 0 Å². The minimum absolute atomic E-state index is 0.235. The van der Waals surface area contributed by atoms with Crippen LogP contribution in [0.4, 0.5) is 0 Å². The molecular weight excluding hydrogens is 246 g/mol. The van der Waals surface area contributed by atoms with E-state index in [-0.39, 0.29) is 11.8 Å². The summed E-state index contributed by atoms with van der Waals surface area (Å²) in [6.07, 6.45) is 15.1. The Bertz CT molecular complexity index is 215. The van der Waals surface area contributed by atoms with Gasteiger partial charge in [0.15, 0.2) is 0 Å². The molecule has 0 saturated carbocycles. The first-order chi connectivity index (χ1) is 9.76. The van der Waals surface area contributed by atoms with Gasteiger partial charge in [0, 0.05) is 12.5 Å². The van der Waals surface area contributed by atoms with Crippen molar-refractivity contribution < 1.29 is 4.79 Å². The third-order valence-electron chi connectivity index (χ3n) is 4.08. The first-order valence-corrected chi connectivity index (χ1v) is 9.03. The van der Waals surface area contributed by atoms with Gasteiger partial charge in [-0.15, -0.1) is 0 Å². The molecule has 2 nitrogen and oxygen atoms in total. The molecule has 0 aromatic rings. The van der Waals surface area contributed by atoms with Crippen LogP contribution in [0.15, 0.2) is 0 Å². The molecule has 0 aromatic carbocycles. The molecule has 0 spiro atoms. The van der Waals surface area contributed by atoms with Gasteiger partial charge in [0.25, 0.3) is 0 Å². The Balaban J connectivity index is 3.32. The summed E-state index contributed by atoms with van der Waals surface area (Å²) >= 11 is 0. The molecule has 0 radical (unpaired) electrons. The van der Waals surface area contributed by atoms with Gasteiger partial charge in [-0.1, -0.05) is 78.6 Å². The molecule has 1 atom stereocenters. The molecule has 1 unspecified atom stereocenters. The van der Waals surface area contributed by atoms with Crippen LogP contribution in [0.2, 0.25) is 0 Å². The standard InChI is InChI=1S/C18H37NO/c1-4-7-8-9-10-11-12-13-14-16-19-18(20)17(6-3)15-5-2/h17H,4-16H2,1-3H3,(H,19,20). The smallest absolute Gasteiger partial charge is 0.223 e. The van der Waals surface area contributed by atoms with E-state index >= 15 is 0 Å². The van der Waals surface area contributed by atoms with Gasteiger partial charge in [-0.3, -0.25) is 4.79 Å². The van der Waals surface area contributed by atoms with Crippen LogP contribution < -0.4 is 5.32 Å². The molecule has 20 heavy (non-hydrogen) atoms. The van der Waals surface area contributed by atoms with E-state index in [2.05, 4.69) is 26.1 Å². The molecule has 1 N–H and O–H groups in total. The zero-order chi connectivity index (χ0) is 15.1. The predicted octanol–water partition coefficient (Wildman–Crippen LogP) is 5.46. The highest BCUT2D eigenvalue weighted by atomic mass is 16.1. The Morgan fingerprint density at radius 1 is 0.800 bits per heavy atom. The Hall–Kier alpha value is -0.530. The minimum Gasteiger partial charge on any atom is -0.356 e. The van der Waals surface area contributed by atoms with Crippen molar-refractivity contribution in [2.45, 2.75) is 97.8 Å². The number of hydrogen-bond acceptors (Lipinski definition) is 1. The van der Waals surface area contributed by atoms with Crippen LogP contribution in [0.1, 0.15) is 97.8 Å². The molecule has 0 saturated heterocycles. The molecular formula is C18H37NO. The lowest BCUT2D eigenvalue weighted by molar-refractivity contribution is -0.125. The first-order valence-electron chi connectivity index (χ1n) is 9.03. The highest BCUT2D eigenvalue weighted by Gasteiger charge is 2.13. The maximum absolute atomic E-state index is 11.9. The van der Waals surface area contributed by atoms with E-state index in [4.69, 9.17) is 0 Å². The van der Waals surface area contributed by atoms with E-state index in [0.717, 1.165) is 32.2 Å². The summed E-state index contributed by atoms with van der Waals surface area (Å²) in [6, 6.07) is 0. The van der Waals surface area contributed by atoms with Crippen LogP contribution in [0, 0.1) is 5.92 Å². The monoisotopic (exact) mass is 283 g/mol. The molecule has 0 fully saturated rings. The second-order valence-electron chi connectivity index (χ2n) is 6.01. The SMILES string of the molecule is CCCCCCCCCCCNC(=O)C(CC)CCC. The quantitative estimate of drug-likeness (QED) is 0.421. The molecule has 0 aliphatic rings. The molecule has 0 aliphatic heterocycles. The van der Waals surface area contributed by atoms with Crippen molar-refractivity contribution in [3.8, 4) is 0 Å². The van der Waals surface area contributed by atoms with Crippen molar-refractivity contribution in [1.82, 2.24) is 5.32 Å². The maximum atomic E-state index is 11.9. The highest BCUT2D eigenvalue weighted by molar-refractivity contribution is 5.78. The summed E-state index contributed by atoms with van der Waals surface area (Å²) in [5.41, 5.74) is 0. The number of carbonyl (C=O) groups is 1. The van der Waals surface area contributed by atoms with Gasteiger partial charge in [-0.25, -0.2) is 0 Å². The van der Waals surface area contributed by atoms with Gasteiger partial charge in [-0.2, -0.15) is 0 Å². The van der Waals surface area contributed by atoms with Crippen LogP contribution in [-0.4, -0.2) is 12.5 Å². The normalized spacial score (nSPS) is 12.3. The Morgan fingerprint density at radius 3 is 1.85 bits per heavy atom. The Morgan fingerprint density at radius 2 is 1.35 bits per heavy atom.